The molecule has 28 heavy (non-hydrogen) atoms. The van der Waals surface area contributed by atoms with Gasteiger partial charge in [0.1, 0.15) is 24.0 Å². The molecule has 0 heterocycles. The smallest absolute Gasteiger partial charge is 0.489 e. The first-order valence-electron chi connectivity index (χ1n) is 7.94. The van der Waals surface area contributed by atoms with Crippen molar-refractivity contribution >= 4 is 0 Å². The standard InChI is InChI=1S/C20H12F6O2/c21-16-8-13(12-4-2-1-3-5-12)9-17(22)15(16)11-27-14-6-7-19(18(23)10-14)28-20(24,25)26/h1-10H,11H2. The van der Waals surface area contributed by atoms with Crippen LogP contribution in [-0.2, 0) is 6.61 Å². The van der Waals surface area contributed by atoms with Crippen LogP contribution in [0.5, 0.6) is 11.5 Å². The zero-order valence-corrected chi connectivity index (χ0v) is 14.1. The first-order chi connectivity index (χ1) is 13.2. The molecule has 146 valence electrons. The Kier molecular flexibility index (Phi) is 5.48. The van der Waals surface area contributed by atoms with E-state index in [0.29, 0.717) is 23.3 Å². The summed E-state index contributed by atoms with van der Waals surface area (Å²) in [4.78, 5) is 0. The van der Waals surface area contributed by atoms with E-state index in [1.165, 1.54) is 0 Å². The summed E-state index contributed by atoms with van der Waals surface area (Å²) in [6, 6.07) is 13.2. The molecule has 0 radical (unpaired) electrons. The van der Waals surface area contributed by atoms with Crippen LogP contribution in [-0.4, -0.2) is 6.36 Å². The van der Waals surface area contributed by atoms with Gasteiger partial charge >= 0.3 is 6.36 Å². The van der Waals surface area contributed by atoms with Gasteiger partial charge in [0.25, 0.3) is 0 Å². The van der Waals surface area contributed by atoms with E-state index in [0.717, 1.165) is 18.2 Å². The van der Waals surface area contributed by atoms with Crippen molar-refractivity contribution in [3.8, 4) is 22.6 Å². The molecule has 0 fully saturated rings. The summed E-state index contributed by atoms with van der Waals surface area (Å²) in [7, 11) is 0. The van der Waals surface area contributed by atoms with Crippen LogP contribution in [0.1, 0.15) is 5.56 Å². The molecule has 0 aliphatic carbocycles. The summed E-state index contributed by atoms with van der Waals surface area (Å²) < 4.78 is 87.2. The van der Waals surface area contributed by atoms with Gasteiger partial charge in [-0.2, -0.15) is 0 Å². The summed E-state index contributed by atoms with van der Waals surface area (Å²) in [6.07, 6.45) is -5.05. The fourth-order valence-corrected chi connectivity index (χ4v) is 2.47. The average molecular weight is 398 g/mol. The molecule has 0 saturated carbocycles. The van der Waals surface area contributed by atoms with Crippen LogP contribution in [0.15, 0.2) is 60.7 Å². The molecule has 2 nitrogen and oxygen atoms in total. The molecular weight excluding hydrogens is 386 g/mol. The molecule has 0 aliphatic heterocycles. The van der Waals surface area contributed by atoms with Gasteiger partial charge in [0.2, 0.25) is 0 Å². The SMILES string of the molecule is Fc1cc(OCc2c(F)cc(-c3ccccc3)cc2F)ccc1OC(F)(F)F. The van der Waals surface area contributed by atoms with Crippen LogP contribution in [0.25, 0.3) is 11.1 Å². The van der Waals surface area contributed by atoms with Gasteiger partial charge in [-0.15, -0.1) is 13.2 Å². The number of ether oxygens (including phenoxy) is 2. The molecule has 0 N–H and O–H groups in total. The second-order valence-corrected chi connectivity index (χ2v) is 5.71. The average Bonchev–Trinajstić information content (AvgIpc) is 2.63. The highest BCUT2D eigenvalue weighted by molar-refractivity contribution is 5.63. The number of hydrogen-bond acceptors (Lipinski definition) is 2. The highest BCUT2D eigenvalue weighted by atomic mass is 19.4. The molecule has 0 unspecified atom stereocenters. The van der Waals surface area contributed by atoms with E-state index >= 15 is 0 Å². The minimum atomic E-state index is -5.05. The van der Waals surface area contributed by atoms with Gasteiger partial charge < -0.3 is 9.47 Å². The predicted octanol–water partition coefficient (Wildman–Crippen LogP) is 6.25. The molecule has 0 bridgehead atoms. The lowest BCUT2D eigenvalue weighted by Crippen LogP contribution is -2.17. The van der Waals surface area contributed by atoms with Crippen molar-refractivity contribution in [2.75, 3.05) is 0 Å². The van der Waals surface area contributed by atoms with E-state index < -0.39 is 41.7 Å². The van der Waals surface area contributed by atoms with Crippen molar-refractivity contribution in [3.05, 3.63) is 83.7 Å². The van der Waals surface area contributed by atoms with Crippen molar-refractivity contribution in [2.24, 2.45) is 0 Å². The maximum absolute atomic E-state index is 14.3. The molecule has 0 saturated heterocycles. The highest BCUT2D eigenvalue weighted by Crippen LogP contribution is 2.29. The monoisotopic (exact) mass is 398 g/mol. The molecular formula is C20H12F6O2. The summed E-state index contributed by atoms with van der Waals surface area (Å²) >= 11 is 0. The van der Waals surface area contributed by atoms with Crippen molar-refractivity contribution in [1.29, 1.82) is 0 Å². The van der Waals surface area contributed by atoms with E-state index in [4.69, 9.17) is 4.74 Å². The second kappa shape index (κ2) is 7.84. The first-order valence-corrected chi connectivity index (χ1v) is 7.94. The zero-order chi connectivity index (χ0) is 20.3. The number of alkyl halides is 3. The molecule has 0 amide bonds. The predicted molar refractivity (Wildman–Crippen MR) is 89.2 cm³/mol. The highest BCUT2D eigenvalue weighted by Gasteiger charge is 2.32. The minimum Gasteiger partial charge on any atom is -0.489 e. The fourth-order valence-electron chi connectivity index (χ4n) is 2.47. The van der Waals surface area contributed by atoms with Crippen molar-refractivity contribution < 1.29 is 35.8 Å². The Morgan fingerprint density at radius 1 is 0.714 bits per heavy atom. The largest absolute Gasteiger partial charge is 0.573 e. The normalized spacial score (nSPS) is 11.4. The number of benzene rings is 3. The van der Waals surface area contributed by atoms with Crippen LogP contribution in [0.2, 0.25) is 0 Å². The third kappa shape index (κ3) is 4.76. The van der Waals surface area contributed by atoms with E-state index in [2.05, 4.69) is 4.74 Å². The van der Waals surface area contributed by atoms with Crippen LogP contribution >= 0.6 is 0 Å². The molecule has 0 atom stereocenters. The first kappa shape index (κ1) is 19.6. The molecule has 3 aromatic rings. The molecule has 8 heteroatoms. The zero-order valence-electron chi connectivity index (χ0n) is 14.1. The summed E-state index contributed by atoms with van der Waals surface area (Å²) in [5, 5.41) is 0. The van der Waals surface area contributed by atoms with E-state index in [-0.39, 0.29) is 5.75 Å². The Labute approximate surface area is 155 Å². The number of hydrogen-bond donors (Lipinski definition) is 0. The Morgan fingerprint density at radius 3 is 1.93 bits per heavy atom. The van der Waals surface area contributed by atoms with Crippen molar-refractivity contribution in [2.45, 2.75) is 13.0 Å². The lowest BCUT2D eigenvalue weighted by molar-refractivity contribution is -0.275. The molecule has 0 aliphatic rings. The van der Waals surface area contributed by atoms with Crippen LogP contribution in [0.3, 0.4) is 0 Å². The van der Waals surface area contributed by atoms with Gasteiger partial charge in [-0.25, -0.2) is 13.2 Å². The fraction of sp³-hybridized carbons (Fsp3) is 0.100. The summed E-state index contributed by atoms with van der Waals surface area (Å²) in [5.74, 6) is -4.30. The topological polar surface area (TPSA) is 18.5 Å². The molecule has 3 rings (SSSR count). The minimum absolute atomic E-state index is 0.210. The lowest BCUT2D eigenvalue weighted by Gasteiger charge is -2.12. The molecule has 0 aromatic heterocycles. The second-order valence-electron chi connectivity index (χ2n) is 5.71. The van der Waals surface area contributed by atoms with Gasteiger partial charge in [-0.1, -0.05) is 30.3 Å². The van der Waals surface area contributed by atoms with Gasteiger partial charge in [0, 0.05) is 6.07 Å². The van der Waals surface area contributed by atoms with E-state index in [1.807, 2.05) is 0 Å². The Morgan fingerprint density at radius 2 is 1.36 bits per heavy atom. The maximum Gasteiger partial charge on any atom is 0.573 e. The lowest BCUT2D eigenvalue weighted by atomic mass is 10.0. The summed E-state index contributed by atoms with van der Waals surface area (Å²) in [5.41, 5.74) is 0.560. The van der Waals surface area contributed by atoms with Gasteiger partial charge in [-0.3, -0.25) is 0 Å². The van der Waals surface area contributed by atoms with Crippen molar-refractivity contribution in [1.82, 2.24) is 0 Å². The Balaban J connectivity index is 1.75. The third-order valence-electron chi connectivity index (χ3n) is 3.76. The Hall–Kier alpha value is -3.16. The molecule has 3 aromatic carbocycles. The van der Waals surface area contributed by atoms with Crippen LogP contribution in [0, 0.1) is 17.5 Å². The van der Waals surface area contributed by atoms with Gasteiger partial charge in [-0.05, 0) is 35.4 Å². The quantitative estimate of drug-likeness (QED) is 0.473. The summed E-state index contributed by atoms with van der Waals surface area (Å²) in [6.45, 7) is -0.578. The third-order valence-corrected chi connectivity index (χ3v) is 3.76. The number of halogens is 6. The molecule has 0 spiro atoms. The van der Waals surface area contributed by atoms with Crippen LogP contribution in [0.4, 0.5) is 26.3 Å². The van der Waals surface area contributed by atoms with Crippen LogP contribution < -0.4 is 9.47 Å². The van der Waals surface area contributed by atoms with E-state index in [1.54, 1.807) is 30.3 Å². The Bertz CT molecular complexity index is 947. The number of rotatable bonds is 5. The van der Waals surface area contributed by atoms with E-state index in [9.17, 15) is 26.3 Å². The maximum atomic E-state index is 14.3. The van der Waals surface area contributed by atoms with Crippen molar-refractivity contribution in [3.63, 3.8) is 0 Å². The van der Waals surface area contributed by atoms with Gasteiger partial charge in [0.15, 0.2) is 11.6 Å². The van der Waals surface area contributed by atoms with Gasteiger partial charge in [0.05, 0.1) is 5.56 Å².